The number of rotatable bonds is 37. The first-order valence-electron chi connectivity index (χ1n) is 19.1. The molecule has 0 aliphatic heterocycles. The molecule has 0 saturated carbocycles. The molecule has 1 atom stereocenters. The standard InChI is InChI=1S/C38H74O4S/c1-2-3-4-5-6-7-8-9-10-11-12-13-14-15-16-17-18-19-20-21-22-23-24-25-26-27-28-29-30-31-32-36(38(41)42)35-43-34-33-37(39)40/h36H,2-35H2,1H3,(H,39,40)(H,41,42). The largest absolute Gasteiger partial charge is 0.481 e. The molecule has 0 spiro atoms. The van der Waals surface area contributed by atoms with E-state index in [1.165, 1.54) is 192 Å². The number of hydrogen-bond donors (Lipinski definition) is 2. The third-order valence-electron chi connectivity index (χ3n) is 9.03. The Morgan fingerprint density at radius 3 is 1.00 bits per heavy atom. The number of hydrogen-bond acceptors (Lipinski definition) is 3. The molecule has 0 aromatic carbocycles. The highest BCUT2D eigenvalue weighted by Gasteiger charge is 2.17. The minimum atomic E-state index is -0.814. The van der Waals surface area contributed by atoms with Crippen molar-refractivity contribution in [1.82, 2.24) is 0 Å². The van der Waals surface area contributed by atoms with Crippen molar-refractivity contribution in [3.05, 3.63) is 0 Å². The molecule has 0 aliphatic rings. The zero-order chi connectivity index (χ0) is 31.5. The van der Waals surface area contributed by atoms with Crippen molar-refractivity contribution in [1.29, 1.82) is 0 Å². The second kappa shape index (κ2) is 35.8. The van der Waals surface area contributed by atoms with Gasteiger partial charge in [0, 0.05) is 11.5 Å². The topological polar surface area (TPSA) is 74.6 Å². The summed E-state index contributed by atoms with van der Waals surface area (Å²) in [7, 11) is 0. The van der Waals surface area contributed by atoms with Gasteiger partial charge in [0.25, 0.3) is 0 Å². The van der Waals surface area contributed by atoms with Gasteiger partial charge < -0.3 is 10.2 Å². The van der Waals surface area contributed by atoms with Gasteiger partial charge >= 0.3 is 11.9 Å². The molecule has 0 amide bonds. The smallest absolute Gasteiger partial charge is 0.307 e. The summed E-state index contributed by atoms with van der Waals surface area (Å²) in [5, 5.41) is 18.0. The fourth-order valence-electron chi connectivity index (χ4n) is 6.08. The van der Waals surface area contributed by atoms with Crippen LogP contribution in [-0.2, 0) is 9.59 Å². The van der Waals surface area contributed by atoms with Crippen molar-refractivity contribution in [2.24, 2.45) is 5.92 Å². The van der Waals surface area contributed by atoms with Crippen molar-refractivity contribution in [2.75, 3.05) is 11.5 Å². The highest BCUT2D eigenvalue weighted by molar-refractivity contribution is 7.99. The molecule has 4 nitrogen and oxygen atoms in total. The highest BCUT2D eigenvalue weighted by atomic mass is 32.2. The summed E-state index contributed by atoms with van der Waals surface area (Å²) < 4.78 is 0. The Kier molecular flexibility index (Phi) is 35.2. The maximum Gasteiger partial charge on any atom is 0.307 e. The molecule has 0 bridgehead atoms. The van der Waals surface area contributed by atoms with Crippen LogP contribution in [0.5, 0.6) is 0 Å². The second-order valence-electron chi connectivity index (χ2n) is 13.3. The van der Waals surface area contributed by atoms with Crippen molar-refractivity contribution < 1.29 is 19.8 Å². The first-order chi connectivity index (χ1) is 21.1. The molecular formula is C38H74O4S. The normalized spacial score (nSPS) is 12.1. The third kappa shape index (κ3) is 35.6. The van der Waals surface area contributed by atoms with Gasteiger partial charge in [0.15, 0.2) is 0 Å². The van der Waals surface area contributed by atoms with Crippen LogP contribution in [0, 0.1) is 5.92 Å². The van der Waals surface area contributed by atoms with Gasteiger partial charge in [-0.25, -0.2) is 0 Å². The Morgan fingerprint density at radius 1 is 0.465 bits per heavy atom. The molecule has 0 fully saturated rings. The van der Waals surface area contributed by atoms with Gasteiger partial charge in [-0.2, -0.15) is 11.8 Å². The summed E-state index contributed by atoms with van der Waals surface area (Å²) in [4.78, 5) is 22.0. The Bertz CT molecular complexity index is 582. The van der Waals surface area contributed by atoms with E-state index in [1.807, 2.05) is 0 Å². The molecule has 0 aromatic rings. The fourth-order valence-corrected chi connectivity index (χ4v) is 7.16. The van der Waals surface area contributed by atoms with E-state index in [4.69, 9.17) is 5.11 Å². The Morgan fingerprint density at radius 2 is 0.744 bits per heavy atom. The number of unbranched alkanes of at least 4 members (excludes halogenated alkanes) is 29. The highest BCUT2D eigenvalue weighted by Crippen LogP contribution is 2.19. The van der Waals surface area contributed by atoms with Gasteiger partial charge in [-0.05, 0) is 6.42 Å². The summed E-state index contributed by atoms with van der Waals surface area (Å²) in [6.45, 7) is 2.30. The minimum Gasteiger partial charge on any atom is -0.481 e. The van der Waals surface area contributed by atoms with E-state index in [-0.39, 0.29) is 12.3 Å². The number of carbonyl (C=O) groups is 2. The van der Waals surface area contributed by atoms with Crippen LogP contribution >= 0.6 is 11.8 Å². The first-order valence-corrected chi connectivity index (χ1v) is 20.3. The lowest BCUT2D eigenvalue weighted by molar-refractivity contribution is -0.141. The molecular weight excluding hydrogens is 552 g/mol. The van der Waals surface area contributed by atoms with Gasteiger partial charge in [0.05, 0.1) is 12.3 Å². The van der Waals surface area contributed by atoms with Crippen molar-refractivity contribution >= 4 is 23.7 Å². The zero-order valence-corrected chi connectivity index (χ0v) is 29.6. The van der Waals surface area contributed by atoms with Crippen molar-refractivity contribution in [3.63, 3.8) is 0 Å². The third-order valence-corrected chi connectivity index (χ3v) is 10.2. The SMILES string of the molecule is CCCCCCCCCCCCCCCCCCCCCCCCCCCCCCCCC(CSCCC(=O)O)C(=O)O. The fraction of sp³-hybridized carbons (Fsp3) is 0.947. The van der Waals surface area contributed by atoms with Crippen molar-refractivity contribution in [2.45, 2.75) is 212 Å². The van der Waals surface area contributed by atoms with Gasteiger partial charge in [-0.3, -0.25) is 9.59 Å². The van der Waals surface area contributed by atoms with Crippen LogP contribution in [0.25, 0.3) is 0 Å². The molecule has 0 aromatic heterocycles. The Labute approximate surface area is 272 Å². The summed E-state index contributed by atoms with van der Waals surface area (Å²) in [5.74, 6) is -0.859. The van der Waals surface area contributed by atoms with Crippen LogP contribution in [-0.4, -0.2) is 33.7 Å². The number of carboxylic acids is 2. The van der Waals surface area contributed by atoms with Crippen LogP contribution in [0.3, 0.4) is 0 Å². The maximum atomic E-state index is 11.4. The number of thioether (sulfide) groups is 1. The lowest BCUT2D eigenvalue weighted by Crippen LogP contribution is -2.16. The zero-order valence-electron chi connectivity index (χ0n) is 28.7. The van der Waals surface area contributed by atoms with Gasteiger partial charge in [0.2, 0.25) is 0 Å². The van der Waals surface area contributed by atoms with Crippen LogP contribution in [0.1, 0.15) is 212 Å². The van der Waals surface area contributed by atoms with Gasteiger partial charge in [-0.15, -0.1) is 0 Å². The molecule has 2 N–H and O–H groups in total. The summed E-state index contributed by atoms with van der Waals surface area (Å²) in [6, 6.07) is 0. The molecule has 1 unspecified atom stereocenters. The van der Waals surface area contributed by atoms with E-state index in [1.54, 1.807) is 0 Å². The molecule has 43 heavy (non-hydrogen) atoms. The second-order valence-corrected chi connectivity index (χ2v) is 14.4. The molecule has 0 aliphatic carbocycles. The van der Waals surface area contributed by atoms with E-state index < -0.39 is 11.9 Å². The van der Waals surface area contributed by atoms with Crippen molar-refractivity contribution in [3.8, 4) is 0 Å². The summed E-state index contributed by atoms with van der Waals surface area (Å²) in [5.41, 5.74) is 0. The van der Waals surface area contributed by atoms with Crippen LogP contribution in [0.15, 0.2) is 0 Å². The average Bonchev–Trinajstić information content (AvgIpc) is 2.98. The lowest BCUT2D eigenvalue weighted by atomic mass is 10.0. The summed E-state index contributed by atoms with van der Waals surface area (Å²) in [6.07, 6.45) is 42.6. The van der Waals surface area contributed by atoms with Gasteiger partial charge in [-0.1, -0.05) is 200 Å². The van der Waals surface area contributed by atoms with Crippen LogP contribution < -0.4 is 0 Å². The summed E-state index contributed by atoms with van der Waals surface area (Å²) >= 11 is 1.45. The first kappa shape index (κ1) is 42.3. The van der Waals surface area contributed by atoms with E-state index in [0.717, 1.165) is 19.3 Å². The Hall–Kier alpha value is -0.710. The number of aliphatic carboxylic acids is 2. The minimum absolute atomic E-state index is 0.108. The quantitative estimate of drug-likeness (QED) is 0.0671. The van der Waals surface area contributed by atoms with E-state index in [2.05, 4.69) is 6.92 Å². The number of carboxylic acid groups (broad SMARTS) is 2. The lowest BCUT2D eigenvalue weighted by Gasteiger charge is -2.11. The predicted molar refractivity (Wildman–Crippen MR) is 190 cm³/mol. The van der Waals surface area contributed by atoms with Crippen LogP contribution in [0.2, 0.25) is 0 Å². The Balaban J connectivity index is 3.21. The van der Waals surface area contributed by atoms with E-state index in [0.29, 0.717) is 11.5 Å². The molecule has 0 heterocycles. The molecule has 0 rings (SSSR count). The molecule has 5 heteroatoms. The molecule has 0 saturated heterocycles. The molecule has 0 radical (unpaired) electrons. The van der Waals surface area contributed by atoms with Crippen LogP contribution in [0.4, 0.5) is 0 Å². The average molecular weight is 627 g/mol. The predicted octanol–water partition coefficient (Wildman–Crippen LogP) is 13.0. The van der Waals surface area contributed by atoms with Gasteiger partial charge in [0.1, 0.15) is 0 Å². The van der Waals surface area contributed by atoms with E-state index in [9.17, 15) is 14.7 Å². The maximum absolute atomic E-state index is 11.4. The van der Waals surface area contributed by atoms with E-state index >= 15 is 0 Å². The molecule has 256 valence electrons. The monoisotopic (exact) mass is 627 g/mol.